The quantitative estimate of drug-likeness (QED) is 0.764. The number of nitrogens with one attached hydrogen (secondary N) is 1. The highest BCUT2D eigenvalue weighted by Crippen LogP contribution is 2.19. The van der Waals surface area contributed by atoms with E-state index in [2.05, 4.69) is 5.32 Å². The highest BCUT2D eigenvalue weighted by Gasteiger charge is 2.19. The fraction of sp³-hybridized carbons (Fsp3) is 0.263. The van der Waals surface area contributed by atoms with Crippen molar-refractivity contribution in [1.29, 1.82) is 0 Å². The number of amides is 1. The molecular weight excluding hydrogens is 337 g/mol. The summed E-state index contributed by atoms with van der Waals surface area (Å²) >= 11 is 0. The minimum absolute atomic E-state index is 0.130. The number of aryl methyl sites for hydroxylation is 2. The molecule has 0 bridgehead atoms. The Morgan fingerprint density at radius 1 is 1.12 bits per heavy atom. The summed E-state index contributed by atoms with van der Waals surface area (Å²) in [6.45, 7) is 1.83. The smallest absolute Gasteiger partial charge is 0.328 e. The van der Waals surface area contributed by atoms with Crippen molar-refractivity contribution in [2.24, 2.45) is 14.1 Å². The van der Waals surface area contributed by atoms with Crippen molar-refractivity contribution in [3.63, 3.8) is 0 Å². The number of fused-ring (bicyclic) bond motifs is 1. The predicted octanol–water partition coefficient (Wildman–Crippen LogP) is 2.81. The van der Waals surface area contributed by atoms with E-state index >= 15 is 0 Å². The number of halogens is 1. The Morgan fingerprint density at radius 3 is 2.42 bits per heavy atom. The maximum absolute atomic E-state index is 13.0. The molecule has 1 N–H and O–H groups in total. The fourth-order valence-electron chi connectivity index (χ4n) is 2.81. The summed E-state index contributed by atoms with van der Waals surface area (Å²) in [5, 5.41) is 2.81. The molecule has 1 aromatic heterocycles. The second-order valence-corrected chi connectivity index (χ2v) is 6.06. The minimum atomic E-state index is -0.712. The van der Waals surface area contributed by atoms with Gasteiger partial charge >= 0.3 is 5.69 Å². The van der Waals surface area contributed by atoms with Crippen LogP contribution in [0.3, 0.4) is 0 Å². The summed E-state index contributed by atoms with van der Waals surface area (Å²) in [5.74, 6) is -0.247. The molecule has 0 aliphatic heterocycles. The Bertz CT molecular complexity index is 1010. The molecule has 0 saturated carbocycles. The molecule has 1 heterocycles. The molecule has 3 rings (SSSR count). The van der Waals surface area contributed by atoms with Gasteiger partial charge in [0.25, 0.3) is 5.91 Å². The Kier molecular flexibility index (Phi) is 4.79. The van der Waals surface area contributed by atoms with E-state index in [0.717, 1.165) is 11.0 Å². The molecule has 7 heteroatoms. The van der Waals surface area contributed by atoms with Crippen LogP contribution >= 0.6 is 0 Å². The van der Waals surface area contributed by atoms with Crippen LogP contribution in [0, 0.1) is 5.82 Å². The van der Waals surface area contributed by atoms with Crippen molar-refractivity contribution in [2.75, 3.05) is 5.32 Å². The predicted molar refractivity (Wildman–Crippen MR) is 97.9 cm³/mol. The summed E-state index contributed by atoms with van der Waals surface area (Å²) in [6.07, 6.45) is -0.259. The van der Waals surface area contributed by atoms with Crippen molar-refractivity contribution in [3.05, 3.63) is 58.8 Å². The Hall–Kier alpha value is -3.09. The monoisotopic (exact) mass is 357 g/mol. The molecule has 1 atom stereocenters. The highest BCUT2D eigenvalue weighted by molar-refractivity contribution is 5.96. The van der Waals surface area contributed by atoms with E-state index in [1.165, 1.54) is 28.8 Å². The van der Waals surface area contributed by atoms with Gasteiger partial charge in [0.15, 0.2) is 6.10 Å². The fourth-order valence-corrected chi connectivity index (χ4v) is 2.81. The largest absolute Gasteiger partial charge is 0.481 e. The van der Waals surface area contributed by atoms with Gasteiger partial charge in [0.2, 0.25) is 0 Å². The van der Waals surface area contributed by atoms with Crippen LogP contribution in [0.2, 0.25) is 0 Å². The molecular formula is C19H20FN3O3. The van der Waals surface area contributed by atoms with Gasteiger partial charge in [-0.2, -0.15) is 0 Å². The third-order valence-corrected chi connectivity index (χ3v) is 4.29. The normalized spacial score (nSPS) is 12.2. The summed E-state index contributed by atoms with van der Waals surface area (Å²) < 4.78 is 21.7. The van der Waals surface area contributed by atoms with Gasteiger partial charge in [-0.3, -0.25) is 13.9 Å². The number of carbonyl (C=O) groups excluding carboxylic acids is 1. The lowest BCUT2D eigenvalue weighted by Gasteiger charge is -2.17. The first-order valence-electron chi connectivity index (χ1n) is 8.29. The molecule has 0 aliphatic rings. The number of rotatable bonds is 5. The molecule has 0 radical (unpaired) electrons. The van der Waals surface area contributed by atoms with Crippen LogP contribution in [0.1, 0.15) is 13.3 Å². The number of ether oxygens (including phenoxy) is 1. The number of hydrogen-bond donors (Lipinski definition) is 1. The van der Waals surface area contributed by atoms with Crippen molar-refractivity contribution >= 4 is 22.6 Å². The van der Waals surface area contributed by atoms with Gasteiger partial charge in [-0.05, 0) is 48.9 Å². The van der Waals surface area contributed by atoms with Gasteiger partial charge in [-0.25, -0.2) is 9.18 Å². The lowest BCUT2D eigenvalue weighted by atomic mass is 10.2. The summed E-state index contributed by atoms with van der Waals surface area (Å²) in [4.78, 5) is 24.5. The van der Waals surface area contributed by atoms with Crippen molar-refractivity contribution < 1.29 is 13.9 Å². The van der Waals surface area contributed by atoms with Crippen LogP contribution in [0.5, 0.6) is 5.75 Å². The number of benzene rings is 2. The first-order valence-corrected chi connectivity index (χ1v) is 8.29. The van der Waals surface area contributed by atoms with Crippen LogP contribution in [-0.2, 0) is 18.9 Å². The molecule has 26 heavy (non-hydrogen) atoms. The van der Waals surface area contributed by atoms with Crippen molar-refractivity contribution in [2.45, 2.75) is 19.4 Å². The Morgan fingerprint density at radius 2 is 1.77 bits per heavy atom. The van der Waals surface area contributed by atoms with Gasteiger partial charge in [0.1, 0.15) is 11.6 Å². The SMILES string of the molecule is CC[C@@H](Oc1ccc(F)cc1)C(=O)Nc1ccc2c(c1)n(C)c(=O)n2C. The van der Waals surface area contributed by atoms with E-state index < -0.39 is 6.10 Å². The maximum Gasteiger partial charge on any atom is 0.328 e. The van der Waals surface area contributed by atoms with Crippen molar-refractivity contribution in [1.82, 2.24) is 9.13 Å². The molecule has 2 aromatic carbocycles. The standard InChI is InChI=1S/C19H20FN3O3/c1-4-17(26-14-8-5-12(20)6-9-14)18(24)21-13-7-10-15-16(11-13)23(3)19(25)22(15)2/h5-11,17H,4H2,1-3H3,(H,21,24)/t17-/m1/s1. The van der Waals surface area contributed by atoms with Crippen molar-refractivity contribution in [3.8, 4) is 5.75 Å². The molecule has 0 spiro atoms. The second-order valence-electron chi connectivity index (χ2n) is 6.06. The van der Waals surface area contributed by atoms with Gasteiger partial charge in [0.05, 0.1) is 11.0 Å². The first-order chi connectivity index (χ1) is 12.4. The molecule has 3 aromatic rings. The molecule has 0 unspecified atom stereocenters. The third kappa shape index (κ3) is 3.33. The lowest BCUT2D eigenvalue weighted by molar-refractivity contribution is -0.122. The topological polar surface area (TPSA) is 65.3 Å². The zero-order valence-corrected chi connectivity index (χ0v) is 14.8. The molecule has 0 aliphatic carbocycles. The summed E-state index contributed by atoms with van der Waals surface area (Å²) in [7, 11) is 3.38. The molecule has 1 amide bonds. The lowest BCUT2D eigenvalue weighted by Crippen LogP contribution is -2.32. The zero-order valence-electron chi connectivity index (χ0n) is 14.8. The van der Waals surface area contributed by atoms with Crippen LogP contribution in [0.4, 0.5) is 10.1 Å². The summed E-state index contributed by atoms with van der Waals surface area (Å²) in [6, 6.07) is 10.8. The van der Waals surface area contributed by atoms with E-state index in [1.807, 2.05) is 6.92 Å². The second kappa shape index (κ2) is 7.03. The van der Waals surface area contributed by atoms with Crippen LogP contribution in [0.25, 0.3) is 11.0 Å². The number of aromatic nitrogens is 2. The Balaban J connectivity index is 1.79. The summed E-state index contributed by atoms with van der Waals surface area (Å²) in [5.41, 5.74) is 1.95. The number of nitrogens with zero attached hydrogens (tertiary/aromatic N) is 2. The first kappa shape index (κ1) is 17.7. The molecule has 0 fully saturated rings. The number of imidazole rings is 1. The average Bonchev–Trinajstić information content (AvgIpc) is 2.85. The average molecular weight is 357 g/mol. The minimum Gasteiger partial charge on any atom is -0.481 e. The maximum atomic E-state index is 13.0. The van der Waals surface area contributed by atoms with E-state index in [1.54, 1.807) is 36.9 Å². The van der Waals surface area contributed by atoms with E-state index in [0.29, 0.717) is 17.9 Å². The number of hydrogen-bond acceptors (Lipinski definition) is 3. The Labute approximate surface area is 149 Å². The van der Waals surface area contributed by atoms with Crippen LogP contribution in [-0.4, -0.2) is 21.1 Å². The van der Waals surface area contributed by atoms with E-state index in [-0.39, 0.29) is 17.4 Å². The van der Waals surface area contributed by atoms with Gasteiger partial charge in [-0.15, -0.1) is 0 Å². The van der Waals surface area contributed by atoms with Crippen LogP contribution in [0.15, 0.2) is 47.3 Å². The van der Waals surface area contributed by atoms with E-state index in [9.17, 15) is 14.0 Å². The zero-order chi connectivity index (χ0) is 18.8. The molecule has 136 valence electrons. The van der Waals surface area contributed by atoms with Crippen LogP contribution < -0.4 is 15.7 Å². The highest BCUT2D eigenvalue weighted by atomic mass is 19.1. The van der Waals surface area contributed by atoms with E-state index in [4.69, 9.17) is 4.74 Å². The number of anilines is 1. The molecule has 6 nitrogen and oxygen atoms in total. The van der Waals surface area contributed by atoms with Gasteiger partial charge in [0, 0.05) is 19.8 Å². The third-order valence-electron chi connectivity index (χ3n) is 4.29. The molecule has 0 saturated heterocycles. The van der Waals surface area contributed by atoms with Gasteiger partial charge < -0.3 is 10.1 Å². The van der Waals surface area contributed by atoms with Gasteiger partial charge in [-0.1, -0.05) is 6.92 Å². The number of carbonyl (C=O) groups is 1.